The first kappa shape index (κ1) is 22.6. The number of carbonyl (C=O) groups excluding carboxylic acids is 2. The van der Waals surface area contributed by atoms with Crippen LogP contribution in [-0.4, -0.2) is 26.8 Å². The highest BCUT2D eigenvalue weighted by Gasteiger charge is 2.46. The number of aliphatic hydroxyl groups is 1. The van der Waals surface area contributed by atoms with Gasteiger partial charge < -0.3 is 15.1 Å². The molecule has 7 heteroatoms. The molecule has 1 atom stereocenters. The van der Waals surface area contributed by atoms with E-state index in [1.807, 2.05) is 19.9 Å². The molecule has 0 radical (unpaired) electrons. The average molecular weight is 466 g/mol. The number of phenolic OH excluding ortho intramolecular Hbond substituents is 1. The summed E-state index contributed by atoms with van der Waals surface area (Å²) in [7, 11) is 0. The van der Waals surface area contributed by atoms with Gasteiger partial charge in [-0.15, -0.1) is 0 Å². The van der Waals surface area contributed by atoms with E-state index >= 15 is 0 Å². The normalized spacial score (nSPS) is 17.6. The maximum atomic E-state index is 13.4. The number of hydrogen-bond donors (Lipinski definition) is 2. The summed E-state index contributed by atoms with van der Waals surface area (Å²) in [4.78, 5) is 27.5. The molecule has 1 fully saturated rings. The lowest BCUT2D eigenvalue weighted by Gasteiger charge is -2.25. The lowest BCUT2D eigenvalue weighted by Crippen LogP contribution is -2.29. The second kappa shape index (κ2) is 8.71. The van der Waals surface area contributed by atoms with E-state index in [9.17, 15) is 24.2 Å². The van der Waals surface area contributed by atoms with Gasteiger partial charge in [-0.3, -0.25) is 9.59 Å². The molecule has 5 nitrogen and oxygen atoms in total. The van der Waals surface area contributed by atoms with E-state index in [0.717, 1.165) is 11.1 Å². The average Bonchev–Trinajstić information content (AvgIpc) is 3.03. The number of aromatic hydroxyl groups is 1. The van der Waals surface area contributed by atoms with Gasteiger partial charge in [0.05, 0.1) is 16.6 Å². The van der Waals surface area contributed by atoms with Crippen LogP contribution < -0.4 is 0 Å². The van der Waals surface area contributed by atoms with Gasteiger partial charge in [0.2, 0.25) is 0 Å². The molecule has 168 valence electrons. The Morgan fingerprint density at radius 3 is 2.33 bits per heavy atom. The van der Waals surface area contributed by atoms with Crippen molar-refractivity contribution in [1.82, 2.24) is 4.90 Å². The van der Waals surface area contributed by atoms with Crippen LogP contribution in [0.2, 0.25) is 5.02 Å². The first-order valence-corrected chi connectivity index (χ1v) is 10.6. The number of amides is 1. The highest BCUT2D eigenvalue weighted by Crippen LogP contribution is 2.42. The number of aryl methyl sites for hydroxylation is 2. The molecule has 2 N–H and O–H groups in total. The SMILES string of the molecule is Cc1ccc(/C(O)=C2/C(=O)C(=O)N(Cc3ccc(F)cc3)C2c2ccc(O)c(Cl)c2)cc1C. The molecule has 0 aromatic heterocycles. The summed E-state index contributed by atoms with van der Waals surface area (Å²) < 4.78 is 13.4. The van der Waals surface area contributed by atoms with Gasteiger partial charge in [0.1, 0.15) is 17.3 Å². The fourth-order valence-electron chi connectivity index (χ4n) is 3.91. The van der Waals surface area contributed by atoms with E-state index in [2.05, 4.69) is 0 Å². The second-order valence-corrected chi connectivity index (χ2v) is 8.47. The van der Waals surface area contributed by atoms with Crippen molar-refractivity contribution in [2.45, 2.75) is 26.4 Å². The molecule has 0 saturated carbocycles. The molecule has 1 aliphatic heterocycles. The van der Waals surface area contributed by atoms with E-state index in [4.69, 9.17) is 11.6 Å². The summed E-state index contributed by atoms with van der Waals surface area (Å²) in [5.41, 5.74) is 3.33. The van der Waals surface area contributed by atoms with Crippen molar-refractivity contribution in [3.05, 3.63) is 105 Å². The number of rotatable bonds is 4. The summed E-state index contributed by atoms with van der Waals surface area (Å²) >= 11 is 6.11. The van der Waals surface area contributed by atoms with Crippen molar-refractivity contribution in [1.29, 1.82) is 0 Å². The minimum atomic E-state index is -0.949. The summed E-state index contributed by atoms with van der Waals surface area (Å²) in [6.45, 7) is 3.83. The number of halogens is 2. The predicted octanol–water partition coefficient (Wildman–Crippen LogP) is 5.42. The first-order valence-electron chi connectivity index (χ1n) is 10.3. The smallest absolute Gasteiger partial charge is 0.295 e. The molecule has 1 aliphatic rings. The van der Waals surface area contributed by atoms with Crippen LogP contribution in [0.25, 0.3) is 5.76 Å². The molecule has 1 amide bonds. The van der Waals surface area contributed by atoms with E-state index < -0.39 is 23.5 Å². The Morgan fingerprint density at radius 2 is 1.70 bits per heavy atom. The number of carbonyl (C=O) groups is 2. The van der Waals surface area contributed by atoms with Crippen molar-refractivity contribution in [3.63, 3.8) is 0 Å². The minimum absolute atomic E-state index is 0.0116. The van der Waals surface area contributed by atoms with Crippen LogP contribution in [0, 0.1) is 19.7 Å². The second-order valence-electron chi connectivity index (χ2n) is 8.06. The van der Waals surface area contributed by atoms with Crippen LogP contribution in [0.3, 0.4) is 0 Å². The number of nitrogens with zero attached hydrogens (tertiary/aromatic N) is 1. The molecule has 0 bridgehead atoms. The number of ketones is 1. The van der Waals surface area contributed by atoms with Gasteiger partial charge in [0, 0.05) is 12.1 Å². The topological polar surface area (TPSA) is 77.8 Å². The Bertz CT molecular complexity index is 1300. The maximum Gasteiger partial charge on any atom is 0.295 e. The largest absolute Gasteiger partial charge is 0.507 e. The van der Waals surface area contributed by atoms with Crippen molar-refractivity contribution in [2.75, 3.05) is 0 Å². The van der Waals surface area contributed by atoms with Crippen molar-refractivity contribution < 1.29 is 24.2 Å². The molecule has 1 saturated heterocycles. The molecule has 4 rings (SSSR count). The number of likely N-dealkylation sites (tertiary alicyclic amines) is 1. The summed E-state index contributed by atoms with van der Waals surface area (Å²) in [6.07, 6.45) is 0. The number of benzene rings is 3. The van der Waals surface area contributed by atoms with Crippen LogP contribution in [-0.2, 0) is 16.1 Å². The van der Waals surface area contributed by atoms with Crippen LogP contribution >= 0.6 is 11.6 Å². The third-order valence-corrected chi connectivity index (χ3v) is 6.18. The quantitative estimate of drug-likeness (QED) is 0.306. The highest BCUT2D eigenvalue weighted by atomic mass is 35.5. The Balaban J connectivity index is 1.88. The van der Waals surface area contributed by atoms with Crippen molar-refractivity contribution >= 4 is 29.1 Å². The molecule has 3 aromatic carbocycles. The van der Waals surface area contributed by atoms with Gasteiger partial charge in [0.25, 0.3) is 11.7 Å². The zero-order chi connectivity index (χ0) is 23.9. The van der Waals surface area contributed by atoms with Crippen LogP contribution in [0.1, 0.15) is 33.9 Å². The molecule has 3 aromatic rings. The third-order valence-electron chi connectivity index (χ3n) is 5.87. The van der Waals surface area contributed by atoms with Gasteiger partial charge in [-0.1, -0.05) is 41.9 Å². The molecule has 33 heavy (non-hydrogen) atoms. The summed E-state index contributed by atoms with van der Waals surface area (Å²) in [5.74, 6) is -2.49. The van der Waals surface area contributed by atoms with Crippen molar-refractivity contribution in [2.24, 2.45) is 0 Å². The Morgan fingerprint density at radius 1 is 1.00 bits per heavy atom. The third kappa shape index (κ3) is 4.22. The molecular formula is C26H21ClFNO4. The summed E-state index contributed by atoms with van der Waals surface area (Å²) in [5, 5.41) is 21.0. The van der Waals surface area contributed by atoms with Crippen LogP contribution in [0.5, 0.6) is 5.75 Å². The van der Waals surface area contributed by atoms with E-state index in [1.54, 1.807) is 18.2 Å². The maximum absolute atomic E-state index is 13.4. The van der Waals surface area contributed by atoms with Gasteiger partial charge in [0.15, 0.2) is 0 Å². The first-order chi connectivity index (χ1) is 15.7. The Hall–Kier alpha value is -3.64. The van der Waals surface area contributed by atoms with Gasteiger partial charge in [-0.05, 0) is 66.4 Å². The number of phenols is 1. The predicted molar refractivity (Wildman–Crippen MR) is 123 cm³/mol. The molecule has 1 unspecified atom stereocenters. The molecule has 1 heterocycles. The standard InChI is InChI=1S/C26H21ClFNO4/c1-14-3-6-18(11-15(14)2)24(31)22-23(17-7-10-21(30)20(27)12-17)29(26(33)25(22)32)13-16-4-8-19(28)9-5-16/h3-12,23,30-31H,13H2,1-2H3/b24-22-. The Labute approximate surface area is 195 Å². The lowest BCUT2D eigenvalue weighted by molar-refractivity contribution is -0.140. The van der Waals surface area contributed by atoms with E-state index in [0.29, 0.717) is 16.7 Å². The molecule has 0 aliphatic carbocycles. The van der Waals surface area contributed by atoms with Gasteiger partial charge in [-0.2, -0.15) is 0 Å². The fourth-order valence-corrected chi connectivity index (χ4v) is 4.10. The lowest BCUT2D eigenvalue weighted by atomic mass is 9.94. The van der Waals surface area contributed by atoms with Crippen molar-refractivity contribution in [3.8, 4) is 5.75 Å². The van der Waals surface area contributed by atoms with Gasteiger partial charge in [-0.25, -0.2) is 4.39 Å². The number of Topliss-reactive ketones (excluding diaryl/α,β-unsaturated/α-hetero) is 1. The number of hydrogen-bond acceptors (Lipinski definition) is 4. The molecular weight excluding hydrogens is 445 g/mol. The van der Waals surface area contributed by atoms with E-state index in [-0.39, 0.29) is 28.6 Å². The Kier molecular flexibility index (Phi) is 5.95. The zero-order valence-corrected chi connectivity index (χ0v) is 18.7. The van der Waals surface area contributed by atoms with Crippen LogP contribution in [0.4, 0.5) is 4.39 Å². The summed E-state index contributed by atoms with van der Waals surface area (Å²) in [6, 6.07) is 14.3. The highest BCUT2D eigenvalue weighted by molar-refractivity contribution is 6.46. The minimum Gasteiger partial charge on any atom is -0.507 e. The fraction of sp³-hybridized carbons (Fsp3) is 0.154. The zero-order valence-electron chi connectivity index (χ0n) is 18.0. The molecule has 0 spiro atoms. The van der Waals surface area contributed by atoms with Gasteiger partial charge >= 0.3 is 0 Å². The van der Waals surface area contributed by atoms with Crippen LogP contribution in [0.15, 0.2) is 66.2 Å². The van der Waals surface area contributed by atoms with E-state index in [1.165, 1.54) is 41.3 Å². The number of aliphatic hydroxyl groups excluding tert-OH is 1. The monoisotopic (exact) mass is 465 g/mol.